The third-order valence-corrected chi connectivity index (χ3v) is 8.01. The van der Waals surface area contributed by atoms with Crippen LogP contribution < -0.4 is 4.74 Å². The maximum absolute atomic E-state index is 13.1. The van der Waals surface area contributed by atoms with E-state index in [0.29, 0.717) is 19.4 Å². The van der Waals surface area contributed by atoms with E-state index in [-0.39, 0.29) is 18.2 Å². The molecule has 7 heteroatoms. The molecule has 0 spiro atoms. The van der Waals surface area contributed by atoms with Gasteiger partial charge < -0.3 is 19.1 Å². The van der Waals surface area contributed by atoms with Crippen LogP contribution in [0.15, 0.2) is 48.8 Å². The summed E-state index contributed by atoms with van der Waals surface area (Å²) in [4.78, 5) is 21.8. The van der Waals surface area contributed by atoms with Gasteiger partial charge >= 0.3 is 0 Å². The van der Waals surface area contributed by atoms with Crippen LogP contribution in [0.5, 0.6) is 5.75 Å². The zero-order chi connectivity index (χ0) is 24.0. The van der Waals surface area contributed by atoms with Crippen LogP contribution in [0.1, 0.15) is 50.6 Å². The molecule has 1 saturated carbocycles. The van der Waals surface area contributed by atoms with Gasteiger partial charge in [-0.25, -0.2) is 4.98 Å². The molecule has 7 nitrogen and oxygen atoms in total. The Morgan fingerprint density at radius 1 is 1.06 bits per heavy atom. The van der Waals surface area contributed by atoms with Crippen LogP contribution in [0.2, 0.25) is 0 Å². The number of aromatic nitrogens is 2. The minimum atomic E-state index is -1.12. The lowest BCUT2D eigenvalue weighted by molar-refractivity contribution is -0.154. The van der Waals surface area contributed by atoms with E-state index in [1.54, 1.807) is 0 Å². The molecule has 0 bridgehead atoms. The zero-order valence-corrected chi connectivity index (χ0v) is 20.4. The molecule has 2 saturated heterocycles. The maximum atomic E-state index is 13.1. The van der Waals surface area contributed by atoms with E-state index < -0.39 is 5.60 Å². The van der Waals surface area contributed by atoms with E-state index in [2.05, 4.69) is 39.4 Å². The molecule has 2 aliphatic heterocycles. The summed E-state index contributed by atoms with van der Waals surface area (Å²) < 4.78 is 8.55. The molecule has 2 atom stereocenters. The molecular formula is C28H34N4O3. The Kier molecular flexibility index (Phi) is 5.77. The average molecular weight is 475 g/mol. The van der Waals surface area contributed by atoms with Crippen molar-refractivity contribution in [1.29, 1.82) is 0 Å². The predicted molar refractivity (Wildman–Crippen MR) is 134 cm³/mol. The van der Waals surface area contributed by atoms with Crippen LogP contribution in [0.3, 0.4) is 0 Å². The maximum Gasteiger partial charge on any atom is 0.255 e. The molecule has 6 rings (SSSR count). The van der Waals surface area contributed by atoms with Crippen molar-refractivity contribution < 1.29 is 14.6 Å². The van der Waals surface area contributed by atoms with Crippen LogP contribution in [-0.4, -0.2) is 67.7 Å². The summed E-state index contributed by atoms with van der Waals surface area (Å²) in [6.45, 7) is 4.77. The number of carbonyl (C=O) groups excluding carboxylic acids is 1. The summed E-state index contributed by atoms with van der Waals surface area (Å²) in [6, 6.07) is 12.5. The van der Waals surface area contributed by atoms with Crippen molar-refractivity contribution >= 4 is 11.6 Å². The number of likely N-dealkylation sites (tertiary alicyclic amines) is 2. The van der Waals surface area contributed by atoms with Gasteiger partial charge in [0.1, 0.15) is 23.1 Å². The Morgan fingerprint density at radius 3 is 2.57 bits per heavy atom. The van der Waals surface area contributed by atoms with Gasteiger partial charge in [0, 0.05) is 56.1 Å². The van der Waals surface area contributed by atoms with Crippen molar-refractivity contribution in [3.05, 3.63) is 54.5 Å². The van der Waals surface area contributed by atoms with Crippen LogP contribution in [0.25, 0.3) is 16.8 Å². The van der Waals surface area contributed by atoms with Gasteiger partial charge in [0.15, 0.2) is 0 Å². The summed E-state index contributed by atoms with van der Waals surface area (Å²) in [5, 5.41) is 10.5. The number of benzene rings is 1. The fraction of sp³-hybridized carbons (Fsp3) is 0.500. The average Bonchev–Trinajstić information content (AvgIpc) is 3.45. The number of ether oxygens (including phenoxy) is 1. The summed E-state index contributed by atoms with van der Waals surface area (Å²) in [5.74, 6) is 0.777. The lowest BCUT2D eigenvalue weighted by Crippen LogP contribution is -2.60. The molecule has 0 radical (unpaired) electrons. The highest BCUT2D eigenvalue weighted by atomic mass is 16.5. The first kappa shape index (κ1) is 22.6. The summed E-state index contributed by atoms with van der Waals surface area (Å²) >= 11 is 0. The molecule has 1 amide bonds. The number of aryl methyl sites for hydroxylation is 1. The standard InChI is InChI=1S/C28H34N4O3/c1-20-24(9-10-25-29-14-18-31(20)25)21-5-7-22(8-6-21)35-23-11-17-32(27(33)28(34)12-13-28)26(19-23)30-15-3-2-4-16-30/h5-10,14,18,23,26,34H,2-4,11-13,15-17,19H2,1H3. The summed E-state index contributed by atoms with van der Waals surface area (Å²) in [5.41, 5.74) is 3.32. The van der Waals surface area contributed by atoms with E-state index in [9.17, 15) is 9.90 Å². The molecule has 3 aromatic rings. The van der Waals surface area contributed by atoms with Crippen LogP contribution in [0.4, 0.5) is 0 Å². The van der Waals surface area contributed by atoms with E-state index in [4.69, 9.17) is 4.74 Å². The Morgan fingerprint density at radius 2 is 1.83 bits per heavy atom. The van der Waals surface area contributed by atoms with Gasteiger partial charge in [-0.2, -0.15) is 0 Å². The van der Waals surface area contributed by atoms with Crippen molar-refractivity contribution in [3.8, 4) is 16.9 Å². The van der Waals surface area contributed by atoms with Crippen molar-refractivity contribution in [2.45, 2.75) is 69.7 Å². The minimum Gasteiger partial charge on any atom is -0.490 e. The number of imidazole rings is 1. The minimum absolute atomic E-state index is 0.00926. The number of fused-ring (bicyclic) bond motifs is 1. The SMILES string of the molecule is Cc1c(-c2ccc(OC3CCN(C(=O)C4(O)CC4)C(N4CCCCC4)C3)cc2)ccc2nccn12. The number of nitrogens with zero attached hydrogens (tertiary/aromatic N) is 4. The van der Waals surface area contributed by atoms with E-state index in [0.717, 1.165) is 48.6 Å². The zero-order valence-electron chi connectivity index (χ0n) is 20.4. The normalized spacial score (nSPS) is 24.5. The Balaban J connectivity index is 1.17. The van der Waals surface area contributed by atoms with Crippen LogP contribution in [-0.2, 0) is 4.79 Å². The molecule has 3 fully saturated rings. The molecule has 35 heavy (non-hydrogen) atoms. The highest BCUT2D eigenvalue weighted by Crippen LogP contribution is 2.39. The van der Waals surface area contributed by atoms with Crippen molar-refractivity contribution in [2.24, 2.45) is 0 Å². The molecule has 2 aromatic heterocycles. The van der Waals surface area contributed by atoms with Crippen molar-refractivity contribution in [1.82, 2.24) is 19.2 Å². The third kappa shape index (κ3) is 4.32. The van der Waals surface area contributed by atoms with E-state index in [1.807, 2.05) is 35.5 Å². The first-order valence-electron chi connectivity index (χ1n) is 13.0. The summed E-state index contributed by atoms with van der Waals surface area (Å²) in [7, 11) is 0. The van der Waals surface area contributed by atoms with Gasteiger partial charge in [-0.15, -0.1) is 0 Å². The van der Waals surface area contributed by atoms with E-state index in [1.165, 1.54) is 24.8 Å². The smallest absolute Gasteiger partial charge is 0.255 e. The summed E-state index contributed by atoms with van der Waals surface area (Å²) in [6.07, 6.45) is 10.2. The molecular weight excluding hydrogens is 440 g/mol. The number of aliphatic hydroxyl groups is 1. The molecule has 2 unspecified atom stereocenters. The fourth-order valence-corrected chi connectivity index (χ4v) is 5.76. The number of hydrogen-bond donors (Lipinski definition) is 1. The van der Waals surface area contributed by atoms with Gasteiger partial charge in [-0.3, -0.25) is 9.69 Å². The van der Waals surface area contributed by atoms with Crippen molar-refractivity contribution in [2.75, 3.05) is 19.6 Å². The molecule has 1 aliphatic carbocycles. The highest BCUT2D eigenvalue weighted by molar-refractivity contribution is 5.88. The number of hydrogen-bond acceptors (Lipinski definition) is 5. The van der Waals surface area contributed by atoms with Crippen LogP contribution in [0, 0.1) is 6.92 Å². The fourth-order valence-electron chi connectivity index (χ4n) is 5.76. The Labute approximate surface area is 206 Å². The number of rotatable bonds is 5. The Bertz CT molecular complexity index is 1210. The lowest BCUT2D eigenvalue weighted by atomic mass is 9.99. The van der Waals surface area contributed by atoms with E-state index >= 15 is 0 Å². The second-order valence-corrected chi connectivity index (χ2v) is 10.4. The van der Waals surface area contributed by atoms with Gasteiger partial charge in [0.05, 0.1) is 6.17 Å². The topological polar surface area (TPSA) is 70.3 Å². The highest BCUT2D eigenvalue weighted by Gasteiger charge is 2.52. The first-order valence-corrected chi connectivity index (χ1v) is 13.0. The molecule has 1 aromatic carbocycles. The molecule has 184 valence electrons. The number of piperidine rings is 2. The second kappa shape index (κ2) is 8.95. The number of pyridine rings is 1. The van der Waals surface area contributed by atoms with Gasteiger partial charge in [-0.05, 0) is 62.4 Å². The largest absolute Gasteiger partial charge is 0.490 e. The third-order valence-electron chi connectivity index (χ3n) is 8.01. The predicted octanol–water partition coefficient (Wildman–Crippen LogP) is 4.02. The first-order chi connectivity index (χ1) is 17.0. The van der Waals surface area contributed by atoms with Crippen molar-refractivity contribution in [3.63, 3.8) is 0 Å². The second-order valence-electron chi connectivity index (χ2n) is 10.4. The number of amides is 1. The monoisotopic (exact) mass is 474 g/mol. The van der Waals surface area contributed by atoms with Gasteiger partial charge in [-0.1, -0.05) is 18.6 Å². The number of carbonyl (C=O) groups is 1. The van der Waals surface area contributed by atoms with Crippen LogP contribution >= 0.6 is 0 Å². The van der Waals surface area contributed by atoms with Gasteiger partial charge in [0.2, 0.25) is 0 Å². The quantitative estimate of drug-likeness (QED) is 0.605. The Hall–Kier alpha value is -2.90. The van der Waals surface area contributed by atoms with Gasteiger partial charge in [0.25, 0.3) is 5.91 Å². The molecule has 1 N–H and O–H groups in total. The lowest BCUT2D eigenvalue weighted by Gasteiger charge is -2.46. The molecule has 4 heterocycles. The molecule has 3 aliphatic rings.